The number of nitrogens with zero attached hydrogens (tertiary/aromatic N) is 3. The zero-order chi connectivity index (χ0) is 40.6. The molecule has 290 valence electrons. The third-order valence-electron chi connectivity index (χ3n) is 11.7. The van der Waals surface area contributed by atoms with Crippen LogP contribution in [0, 0.1) is 60.7 Å². The van der Waals surface area contributed by atoms with Gasteiger partial charge in [-0.2, -0.15) is 0 Å². The number of fused-ring (bicyclic) bond motifs is 5. The number of phenolic OH excluding ortho intramolecular Hbond substituents is 1. The largest absolute Gasteiger partial charge is 0.507 e. The molecule has 9 rings (SSSR count). The summed E-state index contributed by atoms with van der Waals surface area (Å²) in [6, 6.07) is 16.4. The number of imide groups is 2. The summed E-state index contributed by atoms with van der Waals surface area (Å²) in [5.74, 6) is -21.2. The van der Waals surface area contributed by atoms with Gasteiger partial charge < -0.3 is 9.52 Å². The predicted molar refractivity (Wildman–Crippen MR) is 196 cm³/mol. The van der Waals surface area contributed by atoms with E-state index in [1.807, 2.05) is 6.07 Å². The second kappa shape index (κ2) is 12.4. The molecule has 4 aliphatic rings. The molecule has 4 amide bonds. The Labute approximate surface area is 329 Å². The molecule has 6 unspecified atom stereocenters. The number of carbonyl (C=O) groups is 4. The van der Waals surface area contributed by atoms with E-state index < -0.39 is 98.2 Å². The number of anilines is 2. The highest BCUT2D eigenvalue weighted by atomic mass is 35.5. The molecule has 1 saturated carbocycles. The van der Waals surface area contributed by atoms with Gasteiger partial charge in [-0.1, -0.05) is 35.9 Å². The quantitative estimate of drug-likeness (QED) is 0.0484. The topological polar surface area (TPSA) is 121 Å². The fourth-order valence-electron chi connectivity index (χ4n) is 9.10. The van der Waals surface area contributed by atoms with Gasteiger partial charge in [-0.25, -0.2) is 31.8 Å². The molecule has 4 aromatic carbocycles. The van der Waals surface area contributed by atoms with Gasteiger partial charge in [0.15, 0.2) is 38.6 Å². The first-order valence-electron chi connectivity index (χ1n) is 17.6. The number of hydrogen-bond acceptors (Lipinski definition) is 7. The molecule has 3 heterocycles. The molecular formula is C41H26Cl2F5N3O6. The van der Waals surface area contributed by atoms with Crippen molar-refractivity contribution in [3.8, 4) is 17.2 Å². The van der Waals surface area contributed by atoms with E-state index in [0.29, 0.717) is 39.3 Å². The average molecular weight is 823 g/mol. The summed E-state index contributed by atoms with van der Waals surface area (Å²) in [4.78, 5) is 57.6. The molecule has 1 N–H and O–H groups in total. The van der Waals surface area contributed by atoms with Crippen LogP contribution < -0.4 is 9.80 Å². The maximum atomic E-state index is 15.4. The molecule has 2 aliphatic carbocycles. The summed E-state index contributed by atoms with van der Waals surface area (Å²) < 4.78 is 79.8. The highest BCUT2D eigenvalue weighted by molar-refractivity contribution is 6.58. The number of rotatable bonds is 4. The average Bonchev–Trinajstić information content (AvgIpc) is 3.78. The molecule has 6 atom stereocenters. The number of alkyl halides is 2. The van der Waals surface area contributed by atoms with Crippen LogP contribution in [0.3, 0.4) is 0 Å². The lowest BCUT2D eigenvalue weighted by molar-refractivity contribution is -0.125. The van der Waals surface area contributed by atoms with Crippen LogP contribution in [0.2, 0.25) is 0 Å². The minimum atomic E-state index is -2.68. The Morgan fingerprint density at radius 1 is 0.789 bits per heavy atom. The molecule has 0 spiro atoms. The first kappa shape index (κ1) is 37.0. The molecule has 5 aromatic rings. The Kier molecular flexibility index (Phi) is 8.08. The Hall–Kier alpha value is -5.60. The van der Waals surface area contributed by atoms with Gasteiger partial charge in [-0.15, -0.1) is 23.2 Å². The van der Waals surface area contributed by atoms with Crippen LogP contribution >= 0.6 is 23.2 Å². The van der Waals surface area contributed by atoms with Gasteiger partial charge in [0.2, 0.25) is 23.5 Å². The van der Waals surface area contributed by atoms with Crippen LogP contribution in [0.1, 0.15) is 35.4 Å². The smallest absolute Gasteiger partial charge is 0.258 e. The van der Waals surface area contributed by atoms with Crippen LogP contribution in [0.15, 0.2) is 76.7 Å². The number of hydrogen-bond donors (Lipinski definition) is 1. The van der Waals surface area contributed by atoms with Gasteiger partial charge in [-0.3, -0.25) is 24.1 Å². The van der Waals surface area contributed by atoms with Gasteiger partial charge in [0, 0.05) is 11.5 Å². The van der Waals surface area contributed by atoms with Gasteiger partial charge in [-0.05, 0) is 85.7 Å². The van der Waals surface area contributed by atoms with E-state index in [1.165, 1.54) is 12.1 Å². The maximum Gasteiger partial charge on any atom is 0.258 e. The summed E-state index contributed by atoms with van der Waals surface area (Å²) in [6.45, 7) is 3.09. The molecule has 2 aliphatic heterocycles. The van der Waals surface area contributed by atoms with Crippen molar-refractivity contribution in [2.75, 3.05) is 9.80 Å². The van der Waals surface area contributed by atoms with E-state index >= 15 is 8.78 Å². The minimum absolute atomic E-state index is 0.0309. The molecule has 2 saturated heterocycles. The number of oxazole rings is 1. The van der Waals surface area contributed by atoms with E-state index in [4.69, 9.17) is 27.6 Å². The number of aromatic nitrogens is 1. The standard InChI is InChI=1S/C41H26Cl2F5N3O6/c1-16-13-19(14-17(2)34(16)52)27-21-11-12-22-26(37(54)50(36(22)53)20-9-7-18(8-10-20)35-49-24-5-3-4-6-25(24)57-35)23(21)15-40(42)38(55)51(39(56)41(27,40)43)33-31(47)29(45)28(44)30(46)32(33)48/h3-11,13-14,22-23,26-27,52H,12,15H2,1-2H3. The van der Waals surface area contributed by atoms with E-state index in [-0.39, 0.29) is 28.3 Å². The van der Waals surface area contributed by atoms with Crippen molar-refractivity contribution in [3.63, 3.8) is 0 Å². The first-order valence-corrected chi connectivity index (χ1v) is 18.4. The zero-order valence-corrected chi connectivity index (χ0v) is 31.1. The lowest BCUT2D eigenvalue weighted by Crippen LogP contribution is -2.60. The Bertz CT molecular complexity index is 2620. The summed E-state index contributed by atoms with van der Waals surface area (Å²) in [7, 11) is 0. The van der Waals surface area contributed by atoms with E-state index in [9.17, 15) is 37.5 Å². The van der Waals surface area contributed by atoms with E-state index in [0.717, 1.165) is 4.90 Å². The normalized spacial score (nSPS) is 26.9. The monoisotopic (exact) mass is 821 g/mol. The van der Waals surface area contributed by atoms with Crippen LogP contribution in [-0.2, 0) is 19.2 Å². The molecule has 1 aromatic heterocycles. The van der Waals surface area contributed by atoms with Gasteiger partial charge >= 0.3 is 0 Å². The fraction of sp³-hybridized carbons (Fsp3) is 0.244. The number of benzene rings is 4. The highest BCUT2D eigenvalue weighted by Crippen LogP contribution is 2.66. The minimum Gasteiger partial charge on any atom is -0.507 e. The number of carbonyl (C=O) groups excluding carboxylic acids is 4. The molecule has 16 heteroatoms. The molecule has 0 bridgehead atoms. The van der Waals surface area contributed by atoms with Crippen molar-refractivity contribution in [2.24, 2.45) is 17.8 Å². The second-order valence-electron chi connectivity index (χ2n) is 14.7. The maximum absolute atomic E-state index is 15.4. The van der Waals surface area contributed by atoms with Crippen molar-refractivity contribution < 1.29 is 50.7 Å². The van der Waals surface area contributed by atoms with Crippen LogP contribution in [-0.4, -0.2) is 43.5 Å². The Morgan fingerprint density at radius 3 is 2.04 bits per heavy atom. The summed E-state index contributed by atoms with van der Waals surface area (Å²) >= 11 is 14.5. The van der Waals surface area contributed by atoms with Crippen molar-refractivity contribution in [1.29, 1.82) is 0 Å². The van der Waals surface area contributed by atoms with Gasteiger partial charge in [0.1, 0.15) is 17.0 Å². The van der Waals surface area contributed by atoms with E-state index in [2.05, 4.69) is 4.98 Å². The third kappa shape index (κ3) is 4.83. The number of allylic oxidation sites excluding steroid dienone is 2. The number of amides is 4. The van der Waals surface area contributed by atoms with E-state index in [1.54, 1.807) is 62.4 Å². The molecule has 0 radical (unpaired) electrons. The number of para-hydroxylation sites is 2. The Morgan fingerprint density at radius 2 is 1.40 bits per heavy atom. The van der Waals surface area contributed by atoms with Crippen LogP contribution in [0.5, 0.6) is 5.75 Å². The third-order valence-corrected chi connectivity index (χ3v) is 13.1. The highest BCUT2D eigenvalue weighted by Gasteiger charge is 2.77. The van der Waals surface area contributed by atoms with Crippen LogP contribution in [0.4, 0.5) is 33.3 Å². The number of phenols is 1. The molecule has 57 heavy (non-hydrogen) atoms. The lowest BCUT2D eigenvalue weighted by atomic mass is 9.56. The number of aryl methyl sites for hydroxylation is 2. The summed E-state index contributed by atoms with van der Waals surface area (Å²) in [5, 5.41) is 10.6. The molecule has 9 nitrogen and oxygen atoms in total. The SMILES string of the molecule is Cc1cc(C2C3=CCC4C(=O)N(c5ccc(-c6nc7ccccc7o6)cc5)C(=O)C4C3CC3(Cl)C(=O)N(c4c(F)c(F)c(F)c(F)c4F)C(=O)C23Cl)cc(C)c1O. The summed E-state index contributed by atoms with van der Waals surface area (Å²) in [5.41, 5.74) is 1.21. The molecule has 3 fully saturated rings. The zero-order valence-electron chi connectivity index (χ0n) is 29.6. The lowest BCUT2D eigenvalue weighted by Gasteiger charge is -2.50. The van der Waals surface area contributed by atoms with Crippen molar-refractivity contribution in [2.45, 2.75) is 42.4 Å². The van der Waals surface area contributed by atoms with Gasteiger partial charge in [0.25, 0.3) is 11.8 Å². The van der Waals surface area contributed by atoms with Crippen LogP contribution in [0.25, 0.3) is 22.6 Å². The number of aromatic hydroxyl groups is 1. The van der Waals surface area contributed by atoms with Crippen molar-refractivity contribution >= 4 is 69.3 Å². The predicted octanol–water partition coefficient (Wildman–Crippen LogP) is 8.28. The molecular weight excluding hydrogens is 796 g/mol. The number of halogens is 7. The van der Waals surface area contributed by atoms with Crippen molar-refractivity contribution in [3.05, 3.63) is 118 Å². The van der Waals surface area contributed by atoms with Crippen molar-refractivity contribution in [1.82, 2.24) is 4.98 Å². The summed E-state index contributed by atoms with van der Waals surface area (Å²) in [6.07, 6.45) is 0.937. The van der Waals surface area contributed by atoms with Gasteiger partial charge in [0.05, 0.1) is 17.5 Å². The Balaban J connectivity index is 1.15. The first-order chi connectivity index (χ1) is 27.0. The fourth-order valence-corrected chi connectivity index (χ4v) is 10.0. The second-order valence-corrected chi connectivity index (χ2v) is 16.0.